The number of nitrogens with zero attached hydrogens (tertiary/aromatic N) is 2. The molecule has 0 atom stereocenters. The minimum Gasteiger partial charge on any atom is -0.466 e. The average Bonchev–Trinajstić information content (AvgIpc) is 3.03. The van der Waals surface area contributed by atoms with E-state index in [0.29, 0.717) is 36.6 Å². The van der Waals surface area contributed by atoms with Gasteiger partial charge in [-0.15, -0.1) is 0 Å². The van der Waals surface area contributed by atoms with Gasteiger partial charge in [-0.05, 0) is 25.8 Å². The number of carbonyl (C=O) groups excluding carboxylic acids is 1. The first kappa shape index (κ1) is 17.7. The number of nitro groups is 1. The number of hydrogen-bond donors (Lipinski definition) is 0. The van der Waals surface area contributed by atoms with E-state index in [1.54, 1.807) is 25.1 Å². The molecule has 0 aliphatic carbocycles. The molecule has 1 aromatic heterocycles. The van der Waals surface area contributed by atoms with E-state index in [0.717, 1.165) is 19.3 Å². The summed E-state index contributed by atoms with van der Waals surface area (Å²) in [6.07, 6.45) is 4.94. The molecule has 0 bridgehead atoms. The van der Waals surface area contributed by atoms with Crippen LogP contribution in [-0.4, -0.2) is 22.5 Å². The molecule has 0 radical (unpaired) electrons. The summed E-state index contributed by atoms with van der Waals surface area (Å²) in [5.41, 5.74) is 0.912. The average molecular weight is 332 g/mol. The Balaban J connectivity index is 1.86. The van der Waals surface area contributed by atoms with Gasteiger partial charge >= 0.3 is 5.97 Å². The number of unbranched alkanes of at least 4 members (excludes halogenated alkanes) is 2. The van der Waals surface area contributed by atoms with E-state index in [1.165, 1.54) is 12.3 Å². The van der Waals surface area contributed by atoms with Crippen molar-refractivity contribution in [2.75, 3.05) is 6.61 Å². The Hall–Kier alpha value is -2.70. The van der Waals surface area contributed by atoms with Gasteiger partial charge in [0, 0.05) is 18.9 Å². The highest BCUT2D eigenvalue weighted by Gasteiger charge is 2.17. The fourth-order valence-electron chi connectivity index (χ4n) is 2.35. The van der Waals surface area contributed by atoms with Crippen LogP contribution in [0.15, 0.2) is 34.9 Å². The molecule has 0 N–H and O–H groups in total. The first-order valence-corrected chi connectivity index (χ1v) is 7.95. The molecule has 128 valence electrons. The standard InChI is InChI=1S/C17H20N2O5/c1-2-23-17(20)11-5-3-4-10-16-18-14(12-24-16)13-8-6-7-9-15(13)19(21)22/h6-9,12H,2-5,10-11H2,1H3. The zero-order chi connectivity index (χ0) is 17.4. The van der Waals surface area contributed by atoms with E-state index in [2.05, 4.69) is 4.98 Å². The predicted octanol–water partition coefficient (Wildman–Crippen LogP) is 3.92. The van der Waals surface area contributed by atoms with Crippen LogP contribution in [-0.2, 0) is 16.0 Å². The summed E-state index contributed by atoms with van der Waals surface area (Å²) >= 11 is 0. The Morgan fingerprint density at radius 2 is 2.08 bits per heavy atom. The molecule has 0 fully saturated rings. The quantitative estimate of drug-likeness (QED) is 0.299. The highest BCUT2D eigenvalue weighted by molar-refractivity contribution is 5.70. The lowest BCUT2D eigenvalue weighted by molar-refractivity contribution is -0.384. The monoisotopic (exact) mass is 332 g/mol. The fourth-order valence-corrected chi connectivity index (χ4v) is 2.35. The number of oxazole rings is 1. The van der Waals surface area contributed by atoms with Crippen molar-refractivity contribution in [1.29, 1.82) is 0 Å². The molecule has 0 unspecified atom stereocenters. The third-order valence-electron chi connectivity index (χ3n) is 3.51. The molecular weight excluding hydrogens is 312 g/mol. The maximum absolute atomic E-state index is 11.2. The Labute approximate surface area is 139 Å². The molecule has 0 amide bonds. The third kappa shape index (κ3) is 4.91. The molecule has 0 aliphatic rings. The molecule has 0 spiro atoms. The second kappa shape index (κ2) is 8.81. The minimum absolute atomic E-state index is 0.00628. The van der Waals surface area contributed by atoms with E-state index >= 15 is 0 Å². The predicted molar refractivity (Wildman–Crippen MR) is 87.4 cm³/mol. The van der Waals surface area contributed by atoms with Crippen LogP contribution < -0.4 is 0 Å². The maximum atomic E-state index is 11.2. The number of aryl methyl sites for hydroxylation is 1. The molecule has 1 heterocycles. The number of rotatable bonds is 9. The lowest BCUT2D eigenvalue weighted by Crippen LogP contribution is -2.03. The second-order valence-corrected chi connectivity index (χ2v) is 5.27. The first-order valence-electron chi connectivity index (χ1n) is 7.95. The fraction of sp³-hybridized carbons (Fsp3) is 0.412. The van der Waals surface area contributed by atoms with Gasteiger partial charge in [0.15, 0.2) is 5.89 Å². The van der Waals surface area contributed by atoms with E-state index < -0.39 is 4.92 Å². The van der Waals surface area contributed by atoms with Crippen molar-refractivity contribution in [1.82, 2.24) is 4.98 Å². The number of para-hydroxylation sites is 1. The smallest absolute Gasteiger partial charge is 0.305 e. The van der Waals surface area contributed by atoms with Gasteiger partial charge in [-0.1, -0.05) is 18.6 Å². The topological polar surface area (TPSA) is 95.5 Å². The zero-order valence-electron chi connectivity index (χ0n) is 13.6. The first-order chi connectivity index (χ1) is 11.6. The van der Waals surface area contributed by atoms with Gasteiger partial charge in [0.25, 0.3) is 5.69 Å². The van der Waals surface area contributed by atoms with Gasteiger partial charge in [-0.2, -0.15) is 0 Å². The molecule has 2 aromatic rings. The molecular formula is C17H20N2O5. The van der Waals surface area contributed by atoms with Gasteiger partial charge in [0.05, 0.1) is 17.1 Å². The van der Waals surface area contributed by atoms with Crippen molar-refractivity contribution in [3.8, 4) is 11.3 Å². The summed E-state index contributed by atoms with van der Waals surface area (Å²) in [4.78, 5) is 26.2. The van der Waals surface area contributed by atoms with Crippen molar-refractivity contribution in [2.45, 2.75) is 39.0 Å². The van der Waals surface area contributed by atoms with Crippen LogP contribution in [0.25, 0.3) is 11.3 Å². The summed E-state index contributed by atoms with van der Waals surface area (Å²) in [7, 11) is 0. The maximum Gasteiger partial charge on any atom is 0.305 e. The van der Waals surface area contributed by atoms with Gasteiger partial charge in [0.1, 0.15) is 12.0 Å². The zero-order valence-corrected chi connectivity index (χ0v) is 13.6. The number of aromatic nitrogens is 1. The van der Waals surface area contributed by atoms with Crippen molar-refractivity contribution in [2.24, 2.45) is 0 Å². The Morgan fingerprint density at radius 1 is 1.29 bits per heavy atom. The van der Waals surface area contributed by atoms with E-state index in [4.69, 9.17) is 9.15 Å². The number of hydrogen-bond acceptors (Lipinski definition) is 6. The number of nitro benzene ring substituents is 1. The van der Waals surface area contributed by atoms with E-state index in [9.17, 15) is 14.9 Å². The Kier molecular flexibility index (Phi) is 6.48. The summed E-state index contributed by atoms with van der Waals surface area (Å²) in [6, 6.07) is 6.44. The van der Waals surface area contributed by atoms with Crippen LogP contribution >= 0.6 is 0 Å². The Bertz CT molecular complexity index is 696. The highest BCUT2D eigenvalue weighted by Crippen LogP contribution is 2.28. The van der Waals surface area contributed by atoms with E-state index in [1.807, 2.05) is 0 Å². The molecule has 2 rings (SSSR count). The highest BCUT2D eigenvalue weighted by atomic mass is 16.6. The Morgan fingerprint density at radius 3 is 2.83 bits per heavy atom. The van der Waals surface area contributed by atoms with Gasteiger partial charge in [-0.25, -0.2) is 4.98 Å². The molecule has 0 saturated carbocycles. The van der Waals surface area contributed by atoms with Crippen LogP contribution in [0, 0.1) is 10.1 Å². The summed E-state index contributed by atoms with van der Waals surface area (Å²) in [5.74, 6) is 0.367. The normalized spacial score (nSPS) is 10.5. The largest absolute Gasteiger partial charge is 0.466 e. The molecule has 7 nitrogen and oxygen atoms in total. The summed E-state index contributed by atoms with van der Waals surface area (Å²) < 4.78 is 10.3. The third-order valence-corrected chi connectivity index (χ3v) is 3.51. The number of esters is 1. The summed E-state index contributed by atoms with van der Waals surface area (Å²) in [5, 5.41) is 11.1. The van der Waals surface area contributed by atoms with Gasteiger partial charge < -0.3 is 9.15 Å². The van der Waals surface area contributed by atoms with Crippen LogP contribution in [0.4, 0.5) is 5.69 Å². The van der Waals surface area contributed by atoms with Crippen molar-refractivity contribution in [3.63, 3.8) is 0 Å². The molecule has 7 heteroatoms. The number of ether oxygens (including phenoxy) is 1. The minimum atomic E-state index is -0.431. The van der Waals surface area contributed by atoms with Crippen LogP contribution in [0.1, 0.15) is 38.5 Å². The van der Waals surface area contributed by atoms with Crippen LogP contribution in [0.5, 0.6) is 0 Å². The van der Waals surface area contributed by atoms with Crippen molar-refractivity contribution < 1.29 is 18.9 Å². The van der Waals surface area contributed by atoms with Crippen LogP contribution in [0.2, 0.25) is 0 Å². The second-order valence-electron chi connectivity index (χ2n) is 5.27. The van der Waals surface area contributed by atoms with E-state index in [-0.39, 0.29) is 11.7 Å². The van der Waals surface area contributed by atoms with Crippen molar-refractivity contribution in [3.05, 3.63) is 46.5 Å². The number of benzene rings is 1. The lowest BCUT2D eigenvalue weighted by atomic mass is 10.1. The van der Waals surface area contributed by atoms with Crippen molar-refractivity contribution >= 4 is 11.7 Å². The SMILES string of the molecule is CCOC(=O)CCCCCc1nc(-c2ccccc2[N+](=O)[O-])co1. The summed E-state index contributed by atoms with van der Waals surface area (Å²) in [6.45, 7) is 2.19. The molecule has 24 heavy (non-hydrogen) atoms. The number of carbonyl (C=O) groups is 1. The molecule has 0 aliphatic heterocycles. The molecule has 0 saturated heterocycles. The van der Waals surface area contributed by atoms with Gasteiger partial charge in [-0.3, -0.25) is 14.9 Å². The lowest BCUT2D eigenvalue weighted by Gasteiger charge is -2.01. The molecule has 1 aromatic carbocycles. The van der Waals surface area contributed by atoms with Gasteiger partial charge in [0.2, 0.25) is 0 Å². The van der Waals surface area contributed by atoms with Crippen LogP contribution in [0.3, 0.4) is 0 Å².